The first-order valence-corrected chi connectivity index (χ1v) is 6.49. The fraction of sp³-hybridized carbons (Fsp3) is 0.733. The number of hydrogen-bond donors (Lipinski definition) is 1. The first kappa shape index (κ1) is 13.5. The minimum absolute atomic E-state index is 0.0593. The van der Waals surface area contributed by atoms with Crippen molar-refractivity contribution < 1.29 is 0 Å². The third kappa shape index (κ3) is 4.52. The third-order valence-corrected chi connectivity index (χ3v) is 3.72. The van der Waals surface area contributed by atoms with E-state index in [-0.39, 0.29) is 5.54 Å². The average Bonchev–Trinajstić information content (AvgIpc) is 2.15. The predicted octanol–water partition coefficient (Wildman–Crippen LogP) is 4.20. The van der Waals surface area contributed by atoms with Crippen molar-refractivity contribution in [3.63, 3.8) is 0 Å². The zero-order valence-corrected chi connectivity index (χ0v) is 11.3. The van der Waals surface area contributed by atoms with Gasteiger partial charge < -0.3 is 5.73 Å². The molecule has 0 saturated carbocycles. The van der Waals surface area contributed by atoms with Gasteiger partial charge in [-0.3, -0.25) is 0 Å². The van der Waals surface area contributed by atoms with E-state index in [9.17, 15) is 0 Å². The molecule has 0 spiro atoms. The summed E-state index contributed by atoms with van der Waals surface area (Å²) in [5.41, 5.74) is 9.25. The lowest BCUT2D eigenvalue weighted by molar-refractivity contribution is 0.303. The molecule has 1 nitrogen and oxygen atoms in total. The molecule has 0 heterocycles. The lowest BCUT2D eigenvalue weighted by atomic mass is 9.80. The second kappa shape index (κ2) is 5.67. The second-order valence-corrected chi connectivity index (χ2v) is 5.93. The van der Waals surface area contributed by atoms with Crippen LogP contribution < -0.4 is 5.73 Å². The van der Waals surface area contributed by atoms with Crippen LogP contribution in [0.5, 0.6) is 0 Å². The smallest absolute Gasteiger partial charge is 0.0128 e. The third-order valence-electron chi connectivity index (χ3n) is 3.72. The molecule has 0 aliphatic heterocycles. The van der Waals surface area contributed by atoms with E-state index in [0.29, 0.717) is 5.92 Å². The molecule has 1 rings (SSSR count). The van der Waals surface area contributed by atoms with Crippen molar-refractivity contribution in [3.8, 4) is 0 Å². The highest BCUT2D eigenvalue weighted by Crippen LogP contribution is 2.27. The van der Waals surface area contributed by atoms with Crippen molar-refractivity contribution in [3.05, 3.63) is 23.3 Å². The van der Waals surface area contributed by atoms with Crippen molar-refractivity contribution in [2.24, 2.45) is 11.7 Å². The van der Waals surface area contributed by atoms with Gasteiger partial charge in [-0.2, -0.15) is 0 Å². The molecule has 0 aromatic rings. The van der Waals surface area contributed by atoms with E-state index in [0.717, 1.165) is 6.42 Å². The van der Waals surface area contributed by atoms with Crippen LogP contribution in [0, 0.1) is 5.92 Å². The number of nitrogens with two attached hydrogens (primary N) is 1. The Hall–Kier alpha value is -0.560. The molecule has 92 valence electrons. The number of hydrogen-bond acceptors (Lipinski definition) is 1. The molecule has 1 aliphatic carbocycles. The Morgan fingerprint density at radius 1 is 1.12 bits per heavy atom. The molecular weight excluding hydrogens is 194 g/mol. The molecule has 2 N–H and O–H groups in total. The first-order chi connectivity index (χ1) is 7.39. The van der Waals surface area contributed by atoms with Crippen LogP contribution in [0.15, 0.2) is 23.3 Å². The van der Waals surface area contributed by atoms with Crippen LogP contribution in [0.3, 0.4) is 0 Å². The van der Waals surface area contributed by atoms with Gasteiger partial charge in [0.15, 0.2) is 0 Å². The summed E-state index contributed by atoms with van der Waals surface area (Å²) in [6.07, 6.45) is 10.8. The number of allylic oxidation sites excluding steroid dienone is 4. The minimum Gasteiger partial charge on any atom is -0.325 e. The maximum Gasteiger partial charge on any atom is 0.0128 e. The van der Waals surface area contributed by atoms with Crippen LogP contribution in [0.25, 0.3) is 0 Å². The van der Waals surface area contributed by atoms with E-state index < -0.39 is 0 Å². The van der Waals surface area contributed by atoms with Gasteiger partial charge in [0.05, 0.1) is 0 Å². The summed E-state index contributed by atoms with van der Waals surface area (Å²) >= 11 is 0. The molecule has 16 heavy (non-hydrogen) atoms. The Bertz CT molecular complexity index is 278. The Balaban J connectivity index is 2.75. The largest absolute Gasteiger partial charge is 0.325 e. The van der Waals surface area contributed by atoms with Crippen LogP contribution in [0.2, 0.25) is 0 Å². The normalized spacial score (nSPS) is 24.7. The van der Waals surface area contributed by atoms with Gasteiger partial charge in [0, 0.05) is 5.54 Å². The molecule has 1 aliphatic rings. The van der Waals surface area contributed by atoms with Crippen LogP contribution in [0.4, 0.5) is 0 Å². The molecule has 0 saturated heterocycles. The fourth-order valence-electron chi connectivity index (χ4n) is 2.29. The van der Waals surface area contributed by atoms with E-state index in [1.807, 2.05) is 0 Å². The van der Waals surface area contributed by atoms with Crippen molar-refractivity contribution in [2.45, 2.75) is 65.3 Å². The van der Waals surface area contributed by atoms with E-state index >= 15 is 0 Å². The van der Waals surface area contributed by atoms with Crippen molar-refractivity contribution in [1.82, 2.24) is 0 Å². The summed E-state index contributed by atoms with van der Waals surface area (Å²) in [6, 6.07) is 0. The Morgan fingerprint density at radius 2 is 1.75 bits per heavy atom. The zero-order valence-electron chi connectivity index (χ0n) is 11.3. The van der Waals surface area contributed by atoms with Crippen LogP contribution in [-0.2, 0) is 0 Å². The summed E-state index contributed by atoms with van der Waals surface area (Å²) in [7, 11) is 0. The van der Waals surface area contributed by atoms with E-state index in [2.05, 4.69) is 39.8 Å². The summed E-state index contributed by atoms with van der Waals surface area (Å²) in [4.78, 5) is 0. The Kier molecular flexibility index (Phi) is 4.79. The molecule has 0 amide bonds. The summed E-state index contributed by atoms with van der Waals surface area (Å²) < 4.78 is 0. The lowest BCUT2D eigenvalue weighted by Crippen LogP contribution is -2.40. The van der Waals surface area contributed by atoms with Crippen LogP contribution in [0.1, 0.15) is 59.8 Å². The second-order valence-electron chi connectivity index (χ2n) is 5.93. The highest BCUT2D eigenvalue weighted by Gasteiger charge is 2.23. The van der Waals surface area contributed by atoms with Crippen molar-refractivity contribution in [2.75, 3.05) is 0 Å². The minimum atomic E-state index is -0.0593. The van der Waals surface area contributed by atoms with Crippen molar-refractivity contribution in [1.29, 1.82) is 0 Å². The lowest BCUT2D eigenvalue weighted by Gasteiger charge is -2.30. The molecule has 0 aromatic carbocycles. The maximum atomic E-state index is 6.26. The standard InChI is InChI=1S/C15H27N/c1-12-6-5-7-13(2)9-11-14(10-8-12)15(3,4)16/h6,9,14H,5,7-8,10-11,16H2,1-4H3/t14-/m1/s1. The molecule has 0 aromatic heterocycles. The first-order valence-electron chi connectivity index (χ1n) is 6.49. The molecule has 0 bridgehead atoms. The molecule has 0 radical (unpaired) electrons. The molecule has 1 heteroatoms. The molecule has 1 atom stereocenters. The topological polar surface area (TPSA) is 26.0 Å². The highest BCUT2D eigenvalue weighted by atomic mass is 14.7. The van der Waals surface area contributed by atoms with Gasteiger partial charge in [-0.05, 0) is 65.7 Å². The van der Waals surface area contributed by atoms with Gasteiger partial charge in [0.2, 0.25) is 0 Å². The van der Waals surface area contributed by atoms with Crippen LogP contribution in [-0.4, -0.2) is 5.54 Å². The SMILES string of the molecule is CC1=CC[C@H](C(C)(C)N)CCC(C)=CCC1. The van der Waals surface area contributed by atoms with Crippen LogP contribution >= 0.6 is 0 Å². The van der Waals surface area contributed by atoms with E-state index in [1.54, 1.807) is 0 Å². The highest BCUT2D eigenvalue weighted by molar-refractivity contribution is 5.07. The summed E-state index contributed by atoms with van der Waals surface area (Å²) in [5.74, 6) is 0.601. The van der Waals surface area contributed by atoms with Crippen molar-refractivity contribution >= 4 is 0 Å². The van der Waals surface area contributed by atoms with Gasteiger partial charge in [0.1, 0.15) is 0 Å². The molecule has 0 unspecified atom stereocenters. The summed E-state index contributed by atoms with van der Waals surface area (Å²) in [5, 5.41) is 0. The van der Waals surface area contributed by atoms with Gasteiger partial charge in [-0.1, -0.05) is 23.3 Å². The van der Waals surface area contributed by atoms with E-state index in [4.69, 9.17) is 5.73 Å². The Morgan fingerprint density at radius 3 is 2.38 bits per heavy atom. The quantitative estimate of drug-likeness (QED) is 0.660. The number of rotatable bonds is 1. The fourth-order valence-corrected chi connectivity index (χ4v) is 2.29. The average molecular weight is 221 g/mol. The Labute approximate surface area is 101 Å². The predicted molar refractivity (Wildman–Crippen MR) is 72.4 cm³/mol. The molecule has 0 fully saturated rings. The monoisotopic (exact) mass is 221 g/mol. The van der Waals surface area contributed by atoms with Gasteiger partial charge >= 0.3 is 0 Å². The maximum absolute atomic E-state index is 6.26. The van der Waals surface area contributed by atoms with E-state index in [1.165, 1.54) is 36.8 Å². The zero-order chi connectivity index (χ0) is 12.2. The van der Waals surface area contributed by atoms with Gasteiger partial charge in [-0.15, -0.1) is 0 Å². The summed E-state index contributed by atoms with van der Waals surface area (Å²) in [6.45, 7) is 8.81. The van der Waals surface area contributed by atoms with Gasteiger partial charge in [-0.25, -0.2) is 0 Å². The van der Waals surface area contributed by atoms with Gasteiger partial charge in [0.25, 0.3) is 0 Å². The molecular formula is C15H27N.